The van der Waals surface area contributed by atoms with E-state index in [-0.39, 0.29) is 4.90 Å². The number of piperazine rings is 1. The molecule has 0 bridgehead atoms. The van der Waals surface area contributed by atoms with Gasteiger partial charge in [0.2, 0.25) is 10.0 Å². The third-order valence-electron chi connectivity index (χ3n) is 4.42. The molecule has 0 spiro atoms. The average Bonchev–Trinajstić information content (AvgIpc) is 2.68. The largest absolute Gasteiger partial charge is 0.497 e. The Morgan fingerprint density at radius 3 is 2.15 bits per heavy atom. The molecule has 0 radical (unpaired) electrons. The van der Waals surface area contributed by atoms with Crippen molar-refractivity contribution in [3.05, 3.63) is 47.5 Å². The van der Waals surface area contributed by atoms with Crippen LogP contribution >= 0.6 is 11.6 Å². The maximum absolute atomic E-state index is 13.0. The molecular weight excluding hydrogens is 376 g/mol. The summed E-state index contributed by atoms with van der Waals surface area (Å²) in [5.41, 5.74) is 1.04. The summed E-state index contributed by atoms with van der Waals surface area (Å²) < 4.78 is 37.8. The summed E-state index contributed by atoms with van der Waals surface area (Å²) in [4.78, 5) is 2.26. The second-order valence-corrected chi connectivity index (χ2v) is 8.23. The molecule has 0 aliphatic carbocycles. The number of sulfonamides is 1. The number of halogens is 1. The van der Waals surface area contributed by atoms with E-state index in [1.165, 1.54) is 17.5 Å². The highest BCUT2D eigenvalue weighted by atomic mass is 35.5. The first-order chi connectivity index (χ1) is 12.5. The zero-order chi connectivity index (χ0) is 18.7. The molecule has 0 unspecified atom stereocenters. The third-order valence-corrected chi connectivity index (χ3v) is 6.57. The van der Waals surface area contributed by atoms with Crippen molar-refractivity contribution in [2.75, 3.05) is 45.3 Å². The summed E-state index contributed by atoms with van der Waals surface area (Å²) >= 11 is 5.99. The third kappa shape index (κ3) is 3.75. The van der Waals surface area contributed by atoms with Gasteiger partial charge in [-0.25, -0.2) is 8.42 Å². The highest BCUT2D eigenvalue weighted by molar-refractivity contribution is 7.89. The SMILES string of the molecule is COc1ccc(N2CCN(S(=O)(=O)c3cc(Cl)ccc3OC)CC2)cc1. The Hall–Kier alpha value is -1.96. The predicted molar refractivity (Wildman–Crippen MR) is 102 cm³/mol. The Morgan fingerprint density at radius 2 is 1.58 bits per heavy atom. The van der Waals surface area contributed by atoms with Crippen molar-refractivity contribution >= 4 is 27.3 Å². The first-order valence-electron chi connectivity index (χ1n) is 8.18. The summed E-state index contributed by atoms with van der Waals surface area (Å²) in [5, 5.41) is 0.362. The summed E-state index contributed by atoms with van der Waals surface area (Å²) in [5.74, 6) is 1.09. The van der Waals surface area contributed by atoms with E-state index in [4.69, 9.17) is 21.1 Å². The van der Waals surface area contributed by atoms with Crippen LogP contribution in [0, 0.1) is 0 Å². The Labute approximate surface area is 158 Å². The van der Waals surface area contributed by atoms with Gasteiger partial charge >= 0.3 is 0 Å². The van der Waals surface area contributed by atoms with Gasteiger partial charge in [0, 0.05) is 36.9 Å². The fraction of sp³-hybridized carbons (Fsp3) is 0.333. The van der Waals surface area contributed by atoms with Crippen molar-refractivity contribution in [3.8, 4) is 11.5 Å². The summed E-state index contributed by atoms with van der Waals surface area (Å²) in [6, 6.07) is 12.4. The number of ether oxygens (including phenoxy) is 2. The lowest BCUT2D eigenvalue weighted by atomic mass is 10.2. The van der Waals surface area contributed by atoms with E-state index in [0.717, 1.165) is 11.4 Å². The number of benzene rings is 2. The minimum Gasteiger partial charge on any atom is -0.497 e. The van der Waals surface area contributed by atoms with Gasteiger partial charge in [-0.2, -0.15) is 4.31 Å². The molecule has 26 heavy (non-hydrogen) atoms. The van der Waals surface area contributed by atoms with E-state index in [9.17, 15) is 8.42 Å². The molecule has 8 heteroatoms. The summed E-state index contributed by atoms with van der Waals surface area (Å²) in [6.07, 6.45) is 0. The molecule has 6 nitrogen and oxygen atoms in total. The lowest BCUT2D eigenvalue weighted by Crippen LogP contribution is -2.48. The number of methoxy groups -OCH3 is 2. The van der Waals surface area contributed by atoms with Gasteiger partial charge in [0.05, 0.1) is 14.2 Å². The summed E-state index contributed by atoms with van der Waals surface area (Å²) in [6.45, 7) is 2.00. The van der Waals surface area contributed by atoms with Crippen molar-refractivity contribution in [1.82, 2.24) is 4.31 Å². The zero-order valence-electron chi connectivity index (χ0n) is 14.7. The molecular formula is C18H21ClN2O4S. The number of nitrogens with zero attached hydrogens (tertiary/aromatic N) is 2. The van der Waals surface area contributed by atoms with Gasteiger partial charge in [-0.3, -0.25) is 0 Å². The molecule has 0 N–H and O–H groups in total. The van der Waals surface area contributed by atoms with E-state index in [2.05, 4.69) is 4.90 Å². The Kier molecular flexibility index (Phi) is 5.60. The molecule has 3 rings (SSSR count). The summed E-state index contributed by atoms with van der Waals surface area (Å²) in [7, 11) is -0.590. The van der Waals surface area contributed by atoms with E-state index in [1.807, 2.05) is 24.3 Å². The van der Waals surface area contributed by atoms with Gasteiger partial charge < -0.3 is 14.4 Å². The van der Waals surface area contributed by atoms with Crippen LogP contribution in [0.15, 0.2) is 47.4 Å². The average molecular weight is 397 g/mol. The second kappa shape index (κ2) is 7.73. The zero-order valence-corrected chi connectivity index (χ0v) is 16.3. The van der Waals surface area contributed by atoms with Gasteiger partial charge in [-0.05, 0) is 42.5 Å². The molecule has 2 aromatic rings. The second-order valence-electron chi connectivity index (χ2n) is 5.88. The number of hydrogen-bond acceptors (Lipinski definition) is 5. The van der Waals surface area contributed by atoms with Crippen LogP contribution in [-0.2, 0) is 10.0 Å². The van der Waals surface area contributed by atoms with Gasteiger partial charge in [-0.15, -0.1) is 0 Å². The van der Waals surface area contributed by atoms with Crippen LogP contribution in [0.25, 0.3) is 0 Å². The Bertz CT molecular complexity index is 863. The van der Waals surface area contributed by atoms with Crippen molar-refractivity contribution in [2.45, 2.75) is 4.90 Å². The van der Waals surface area contributed by atoms with E-state index >= 15 is 0 Å². The monoisotopic (exact) mass is 396 g/mol. The Morgan fingerprint density at radius 1 is 0.923 bits per heavy atom. The van der Waals surface area contributed by atoms with Gasteiger partial charge in [-0.1, -0.05) is 11.6 Å². The van der Waals surface area contributed by atoms with Crippen molar-refractivity contribution in [1.29, 1.82) is 0 Å². The lowest BCUT2D eigenvalue weighted by Gasteiger charge is -2.35. The van der Waals surface area contributed by atoms with Crippen LogP contribution in [0.4, 0.5) is 5.69 Å². The predicted octanol–water partition coefficient (Wildman–Crippen LogP) is 2.87. The molecule has 0 aromatic heterocycles. The minimum atomic E-state index is -3.67. The van der Waals surface area contributed by atoms with Crippen LogP contribution < -0.4 is 14.4 Å². The molecule has 2 aromatic carbocycles. The standard InChI is InChI=1S/C18H21ClN2O4S/c1-24-16-6-4-15(5-7-16)20-9-11-21(12-10-20)26(22,23)18-13-14(19)3-8-17(18)25-2/h3-8,13H,9-12H2,1-2H3. The van der Waals surface area contributed by atoms with Crippen LogP contribution in [0.5, 0.6) is 11.5 Å². The number of hydrogen-bond donors (Lipinski definition) is 0. The Balaban J connectivity index is 1.75. The van der Waals surface area contributed by atoms with Crippen LogP contribution in [0.2, 0.25) is 5.02 Å². The molecule has 1 aliphatic heterocycles. The number of anilines is 1. The molecule has 1 saturated heterocycles. The highest BCUT2D eigenvalue weighted by Gasteiger charge is 2.31. The van der Waals surface area contributed by atoms with Crippen LogP contribution in [-0.4, -0.2) is 53.1 Å². The molecule has 1 aliphatic rings. The molecule has 1 heterocycles. The minimum absolute atomic E-state index is 0.102. The van der Waals surface area contributed by atoms with Crippen LogP contribution in [0.3, 0.4) is 0 Å². The van der Waals surface area contributed by atoms with Gasteiger partial charge in [0.15, 0.2) is 0 Å². The molecule has 0 saturated carbocycles. The van der Waals surface area contributed by atoms with Crippen molar-refractivity contribution < 1.29 is 17.9 Å². The lowest BCUT2D eigenvalue weighted by molar-refractivity contribution is 0.374. The maximum Gasteiger partial charge on any atom is 0.246 e. The molecule has 0 amide bonds. The van der Waals surface area contributed by atoms with E-state index in [0.29, 0.717) is 37.0 Å². The first kappa shape index (κ1) is 18.8. The first-order valence-corrected chi connectivity index (χ1v) is 10.00. The molecule has 140 valence electrons. The van der Waals surface area contributed by atoms with Crippen molar-refractivity contribution in [2.24, 2.45) is 0 Å². The number of rotatable bonds is 5. The topological polar surface area (TPSA) is 59.1 Å². The van der Waals surface area contributed by atoms with E-state index in [1.54, 1.807) is 19.2 Å². The van der Waals surface area contributed by atoms with Crippen molar-refractivity contribution in [3.63, 3.8) is 0 Å². The maximum atomic E-state index is 13.0. The normalized spacial score (nSPS) is 15.7. The quantitative estimate of drug-likeness (QED) is 0.777. The fourth-order valence-electron chi connectivity index (χ4n) is 2.97. The fourth-order valence-corrected chi connectivity index (χ4v) is 4.81. The van der Waals surface area contributed by atoms with Gasteiger partial charge in [0.25, 0.3) is 0 Å². The molecule has 0 atom stereocenters. The van der Waals surface area contributed by atoms with E-state index < -0.39 is 10.0 Å². The molecule has 1 fully saturated rings. The van der Waals surface area contributed by atoms with Gasteiger partial charge in [0.1, 0.15) is 16.4 Å². The smallest absolute Gasteiger partial charge is 0.246 e. The highest BCUT2D eigenvalue weighted by Crippen LogP contribution is 2.30. The van der Waals surface area contributed by atoms with Crippen LogP contribution in [0.1, 0.15) is 0 Å².